The number of aryl methyl sites for hydroxylation is 1. The van der Waals surface area contributed by atoms with Gasteiger partial charge in [-0.2, -0.15) is 0 Å². The summed E-state index contributed by atoms with van der Waals surface area (Å²) in [6.45, 7) is 8.56. The van der Waals surface area contributed by atoms with E-state index in [0.717, 1.165) is 13.0 Å². The zero-order valence-electron chi connectivity index (χ0n) is 10.4. The maximum Gasteiger partial charge on any atom is 0.0145 e. The van der Waals surface area contributed by atoms with Crippen LogP contribution in [-0.4, -0.2) is 12.6 Å². The van der Waals surface area contributed by atoms with Gasteiger partial charge in [0, 0.05) is 18.5 Å². The van der Waals surface area contributed by atoms with E-state index in [1.807, 2.05) is 12.2 Å². The van der Waals surface area contributed by atoms with Crippen LogP contribution in [0.3, 0.4) is 0 Å². The first-order valence-electron chi connectivity index (χ1n) is 6.39. The van der Waals surface area contributed by atoms with Gasteiger partial charge in [-0.3, -0.25) is 0 Å². The molecule has 0 heterocycles. The molecule has 1 aliphatic rings. The third kappa shape index (κ3) is 2.67. The molecule has 17 heavy (non-hydrogen) atoms. The molecule has 1 aromatic carbocycles. The van der Waals surface area contributed by atoms with Crippen molar-refractivity contribution in [2.75, 3.05) is 6.54 Å². The molecule has 0 aromatic heterocycles. The second-order valence-electron chi connectivity index (χ2n) is 4.67. The van der Waals surface area contributed by atoms with Crippen molar-refractivity contribution in [3.05, 3.63) is 60.7 Å². The number of allylic oxidation sites excluding steroid dienone is 1. The summed E-state index contributed by atoms with van der Waals surface area (Å²) in [7, 11) is 0. The Labute approximate surface area is 104 Å². The fourth-order valence-electron chi connectivity index (χ4n) is 2.80. The standard InChI is InChI=1S/C16H21N/c1-3-7-15-14-9-6-5-8-13(14)10-11-16(15)17-12-4-2/h3-6,8-9,15-17H,1-2,7,10-12H2/t15-,16+/m1/s1. The number of hydrogen-bond acceptors (Lipinski definition) is 1. The van der Waals surface area contributed by atoms with Crippen LogP contribution in [0.1, 0.15) is 29.9 Å². The van der Waals surface area contributed by atoms with Gasteiger partial charge in [0.25, 0.3) is 0 Å². The lowest BCUT2D eigenvalue weighted by molar-refractivity contribution is 0.402. The van der Waals surface area contributed by atoms with Crippen molar-refractivity contribution in [3.63, 3.8) is 0 Å². The highest BCUT2D eigenvalue weighted by Crippen LogP contribution is 2.34. The summed E-state index contributed by atoms with van der Waals surface area (Å²) in [6, 6.07) is 9.37. The maximum absolute atomic E-state index is 3.89. The Morgan fingerprint density at radius 1 is 1.24 bits per heavy atom. The molecule has 1 nitrogen and oxygen atoms in total. The van der Waals surface area contributed by atoms with Gasteiger partial charge in [0.2, 0.25) is 0 Å². The predicted octanol–water partition coefficient (Wildman–Crippen LogP) is 3.44. The Bertz CT molecular complexity index is 394. The van der Waals surface area contributed by atoms with Gasteiger partial charge in [-0.1, -0.05) is 36.4 Å². The summed E-state index contributed by atoms with van der Waals surface area (Å²) in [6.07, 6.45) is 7.41. The molecule has 0 amide bonds. The summed E-state index contributed by atoms with van der Waals surface area (Å²) in [5.41, 5.74) is 3.01. The molecule has 90 valence electrons. The van der Waals surface area contributed by atoms with Crippen molar-refractivity contribution < 1.29 is 0 Å². The first-order valence-corrected chi connectivity index (χ1v) is 6.39. The van der Waals surface area contributed by atoms with Gasteiger partial charge in [0.15, 0.2) is 0 Å². The van der Waals surface area contributed by atoms with E-state index in [2.05, 4.69) is 42.7 Å². The molecular weight excluding hydrogens is 206 g/mol. The second-order valence-corrected chi connectivity index (χ2v) is 4.67. The Hall–Kier alpha value is -1.34. The zero-order chi connectivity index (χ0) is 12.1. The quantitative estimate of drug-likeness (QED) is 0.760. The molecule has 0 fully saturated rings. The Balaban J connectivity index is 2.22. The van der Waals surface area contributed by atoms with Gasteiger partial charge in [-0.15, -0.1) is 13.2 Å². The van der Waals surface area contributed by atoms with Crippen LogP contribution < -0.4 is 5.32 Å². The summed E-state index contributed by atoms with van der Waals surface area (Å²) in [5, 5.41) is 3.58. The molecule has 2 atom stereocenters. The molecule has 1 aromatic rings. The van der Waals surface area contributed by atoms with Crippen molar-refractivity contribution in [1.29, 1.82) is 0 Å². The monoisotopic (exact) mass is 227 g/mol. The van der Waals surface area contributed by atoms with E-state index < -0.39 is 0 Å². The van der Waals surface area contributed by atoms with Gasteiger partial charge < -0.3 is 5.32 Å². The van der Waals surface area contributed by atoms with Gasteiger partial charge in [0.1, 0.15) is 0 Å². The third-order valence-electron chi connectivity index (χ3n) is 3.61. The minimum atomic E-state index is 0.556. The fraction of sp³-hybridized carbons (Fsp3) is 0.375. The van der Waals surface area contributed by atoms with Crippen LogP contribution in [-0.2, 0) is 6.42 Å². The molecule has 0 saturated carbocycles. The first-order chi connectivity index (χ1) is 8.36. The topological polar surface area (TPSA) is 12.0 Å². The molecule has 0 saturated heterocycles. The van der Waals surface area contributed by atoms with Gasteiger partial charge in [0.05, 0.1) is 0 Å². The molecule has 0 bridgehead atoms. The highest BCUT2D eigenvalue weighted by molar-refractivity contribution is 5.34. The molecule has 1 aliphatic carbocycles. The number of hydrogen-bond donors (Lipinski definition) is 1. The molecule has 1 N–H and O–H groups in total. The fourth-order valence-corrected chi connectivity index (χ4v) is 2.80. The van der Waals surface area contributed by atoms with Crippen molar-refractivity contribution in [2.24, 2.45) is 0 Å². The number of fused-ring (bicyclic) bond motifs is 1. The van der Waals surface area contributed by atoms with E-state index in [-0.39, 0.29) is 0 Å². The van der Waals surface area contributed by atoms with Gasteiger partial charge in [-0.05, 0) is 30.4 Å². The largest absolute Gasteiger partial charge is 0.310 e. The highest BCUT2D eigenvalue weighted by Gasteiger charge is 2.27. The molecule has 2 rings (SSSR count). The lowest BCUT2D eigenvalue weighted by atomic mass is 9.77. The predicted molar refractivity (Wildman–Crippen MR) is 74.3 cm³/mol. The normalized spacial score (nSPS) is 22.8. The molecule has 0 aliphatic heterocycles. The van der Waals surface area contributed by atoms with E-state index in [4.69, 9.17) is 0 Å². The minimum absolute atomic E-state index is 0.556. The van der Waals surface area contributed by atoms with Gasteiger partial charge >= 0.3 is 0 Å². The van der Waals surface area contributed by atoms with Crippen LogP contribution in [0.15, 0.2) is 49.6 Å². The van der Waals surface area contributed by atoms with E-state index in [1.165, 1.54) is 24.0 Å². The zero-order valence-corrected chi connectivity index (χ0v) is 10.4. The van der Waals surface area contributed by atoms with Crippen molar-refractivity contribution in [2.45, 2.75) is 31.2 Å². The van der Waals surface area contributed by atoms with Crippen molar-refractivity contribution in [3.8, 4) is 0 Å². The molecule has 0 radical (unpaired) electrons. The lowest BCUT2D eigenvalue weighted by Gasteiger charge is -2.33. The highest BCUT2D eigenvalue weighted by atomic mass is 14.9. The Morgan fingerprint density at radius 3 is 2.82 bits per heavy atom. The number of rotatable bonds is 5. The van der Waals surface area contributed by atoms with Crippen LogP contribution >= 0.6 is 0 Å². The third-order valence-corrected chi connectivity index (χ3v) is 3.61. The number of nitrogens with one attached hydrogen (secondary N) is 1. The van der Waals surface area contributed by atoms with Crippen LogP contribution in [0.2, 0.25) is 0 Å². The van der Waals surface area contributed by atoms with Crippen LogP contribution in [0.5, 0.6) is 0 Å². The smallest absolute Gasteiger partial charge is 0.0145 e. The van der Waals surface area contributed by atoms with Crippen LogP contribution in [0.4, 0.5) is 0 Å². The molecular formula is C16H21N. The first kappa shape index (κ1) is 12.1. The summed E-state index contributed by atoms with van der Waals surface area (Å²) < 4.78 is 0. The van der Waals surface area contributed by atoms with Crippen molar-refractivity contribution in [1.82, 2.24) is 5.32 Å². The van der Waals surface area contributed by atoms with Crippen LogP contribution in [0.25, 0.3) is 0 Å². The lowest BCUT2D eigenvalue weighted by Crippen LogP contribution is -2.38. The van der Waals surface area contributed by atoms with Crippen LogP contribution in [0, 0.1) is 0 Å². The average Bonchev–Trinajstić information content (AvgIpc) is 2.38. The molecule has 0 spiro atoms. The number of benzene rings is 1. The summed E-state index contributed by atoms with van der Waals surface area (Å²) in [4.78, 5) is 0. The van der Waals surface area contributed by atoms with E-state index >= 15 is 0 Å². The SMILES string of the molecule is C=CCN[C@H]1CCc2ccccc2[C@H]1CC=C. The second kappa shape index (κ2) is 5.83. The maximum atomic E-state index is 3.89. The molecule has 0 unspecified atom stereocenters. The van der Waals surface area contributed by atoms with Gasteiger partial charge in [-0.25, -0.2) is 0 Å². The Morgan fingerprint density at radius 2 is 2.06 bits per heavy atom. The molecule has 1 heteroatoms. The Kier molecular flexibility index (Phi) is 4.16. The van der Waals surface area contributed by atoms with E-state index in [1.54, 1.807) is 0 Å². The van der Waals surface area contributed by atoms with Crippen molar-refractivity contribution >= 4 is 0 Å². The summed E-state index contributed by atoms with van der Waals surface area (Å²) >= 11 is 0. The summed E-state index contributed by atoms with van der Waals surface area (Å²) in [5.74, 6) is 0.567. The van der Waals surface area contributed by atoms with E-state index in [0.29, 0.717) is 12.0 Å². The van der Waals surface area contributed by atoms with E-state index in [9.17, 15) is 0 Å². The minimum Gasteiger partial charge on any atom is -0.310 e. The average molecular weight is 227 g/mol.